The second-order valence-corrected chi connectivity index (χ2v) is 7.13. The number of benzene rings is 2. The van der Waals surface area contributed by atoms with E-state index in [0.29, 0.717) is 19.9 Å². The zero-order valence-electron chi connectivity index (χ0n) is 12.1. The molecule has 1 aliphatic rings. The monoisotopic (exact) mass is 361 g/mol. The van der Waals surface area contributed by atoms with Gasteiger partial charge in [-0.05, 0) is 48.4 Å². The second kappa shape index (κ2) is 6.35. The molecule has 0 spiro atoms. The second-order valence-electron chi connectivity index (χ2n) is 5.04. The zero-order valence-corrected chi connectivity index (χ0v) is 14.5. The topological polar surface area (TPSA) is 40.5 Å². The fourth-order valence-corrected chi connectivity index (χ4v) is 3.61. The van der Waals surface area contributed by atoms with Gasteiger partial charge >= 0.3 is 0 Å². The van der Waals surface area contributed by atoms with Gasteiger partial charge in [-0.1, -0.05) is 53.8 Å². The molecule has 2 aromatic carbocycles. The van der Waals surface area contributed by atoms with Crippen molar-refractivity contribution >= 4 is 57.6 Å². The first-order valence-corrected chi connectivity index (χ1v) is 8.39. The minimum absolute atomic E-state index is 0.173. The van der Waals surface area contributed by atoms with Crippen molar-refractivity contribution in [1.29, 1.82) is 0 Å². The number of thiocarbonyl (C=S) groups is 1. The summed E-state index contributed by atoms with van der Waals surface area (Å²) in [5.41, 5.74) is 2.43. The van der Waals surface area contributed by atoms with E-state index in [2.05, 4.69) is 0 Å². The molecule has 1 N–H and O–H groups in total. The third-order valence-electron chi connectivity index (χ3n) is 3.40. The maximum atomic E-state index is 12.6. The molecular formula is C17H12ClNO2S2. The number of nitrogens with zero attached hydrogens (tertiary/aromatic N) is 1. The van der Waals surface area contributed by atoms with Crippen molar-refractivity contribution in [2.45, 2.75) is 6.92 Å². The Balaban J connectivity index is 1.93. The maximum Gasteiger partial charge on any atom is 0.270 e. The number of hydrogen-bond acceptors (Lipinski definition) is 4. The Hall–Kier alpha value is -1.82. The number of carbonyl (C=O) groups excluding carboxylic acids is 1. The summed E-state index contributed by atoms with van der Waals surface area (Å²) in [6, 6.07) is 12.1. The lowest BCUT2D eigenvalue weighted by atomic mass is 10.2. The van der Waals surface area contributed by atoms with Crippen LogP contribution in [-0.4, -0.2) is 15.3 Å². The van der Waals surface area contributed by atoms with E-state index in [9.17, 15) is 9.90 Å². The molecule has 1 heterocycles. The van der Waals surface area contributed by atoms with Gasteiger partial charge in [-0.3, -0.25) is 9.69 Å². The number of carbonyl (C=O) groups is 1. The standard InChI is InChI=1S/C17H12ClNO2S2/c1-10-2-5-12(9-14(10)18)19-16(21)15(23-17(19)22)8-11-3-6-13(20)7-4-11/h2-9,20H,1H3. The number of phenolic OH excluding ortho intramolecular Hbond substituents is 1. The van der Waals surface area contributed by atoms with Gasteiger partial charge in [0.2, 0.25) is 0 Å². The number of hydrogen-bond donors (Lipinski definition) is 1. The lowest BCUT2D eigenvalue weighted by Gasteiger charge is -2.15. The molecule has 1 fully saturated rings. The van der Waals surface area contributed by atoms with Crippen molar-refractivity contribution in [1.82, 2.24) is 0 Å². The molecular weight excluding hydrogens is 350 g/mol. The van der Waals surface area contributed by atoms with Crippen LogP contribution in [0, 0.1) is 6.92 Å². The fraction of sp³-hybridized carbons (Fsp3) is 0.0588. The zero-order chi connectivity index (χ0) is 16.6. The van der Waals surface area contributed by atoms with Gasteiger partial charge in [-0.15, -0.1) is 0 Å². The first kappa shape index (κ1) is 16.1. The summed E-state index contributed by atoms with van der Waals surface area (Å²) in [5.74, 6) is 0.0111. The van der Waals surface area contributed by atoms with Crippen LogP contribution in [0.2, 0.25) is 5.02 Å². The maximum absolute atomic E-state index is 12.6. The van der Waals surface area contributed by atoms with Gasteiger partial charge in [-0.25, -0.2) is 0 Å². The summed E-state index contributed by atoms with van der Waals surface area (Å²) in [4.78, 5) is 14.7. The Labute approximate surface area is 148 Å². The molecule has 116 valence electrons. The van der Waals surface area contributed by atoms with Gasteiger partial charge in [0.05, 0.1) is 10.6 Å². The van der Waals surface area contributed by atoms with Crippen LogP contribution in [0.5, 0.6) is 5.75 Å². The first-order chi connectivity index (χ1) is 11.0. The van der Waals surface area contributed by atoms with Gasteiger partial charge in [0.1, 0.15) is 5.75 Å². The number of phenols is 1. The van der Waals surface area contributed by atoms with Crippen LogP contribution in [0.25, 0.3) is 6.08 Å². The molecule has 0 atom stereocenters. The van der Waals surface area contributed by atoms with Crippen molar-refractivity contribution in [3.8, 4) is 5.75 Å². The summed E-state index contributed by atoms with van der Waals surface area (Å²) < 4.78 is 0.472. The predicted octanol–water partition coefficient (Wildman–Crippen LogP) is 4.76. The molecule has 0 aromatic heterocycles. The van der Waals surface area contributed by atoms with E-state index in [1.165, 1.54) is 16.7 Å². The molecule has 0 radical (unpaired) electrons. The molecule has 23 heavy (non-hydrogen) atoms. The highest BCUT2D eigenvalue weighted by molar-refractivity contribution is 8.27. The number of rotatable bonds is 2. The Kier molecular flexibility index (Phi) is 4.43. The van der Waals surface area contributed by atoms with Crippen molar-refractivity contribution in [3.05, 3.63) is 63.5 Å². The Morgan fingerprint density at radius 3 is 2.57 bits per heavy atom. The van der Waals surface area contributed by atoms with E-state index in [1.54, 1.807) is 36.4 Å². The number of aryl methyl sites for hydroxylation is 1. The van der Waals surface area contributed by atoms with Crippen LogP contribution in [0.15, 0.2) is 47.4 Å². The molecule has 1 aliphatic heterocycles. The molecule has 0 saturated carbocycles. The Morgan fingerprint density at radius 2 is 1.91 bits per heavy atom. The van der Waals surface area contributed by atoms with Crippen molar-refractivity contribution in [3.63, 3.8) is 0 Å². The van der Waals surface area contributed by atoms with Crippen LogP contribution in [0.3, 0.4) is 0 Å². The predicted molar refractivity (Wildman–Crippen MR) is 99.9 cm³/mol. The van der Waals surface area contributed by atoms with Crippen molar-refractivity contribution in [2.24, 2.45) is 0 Å². The lowest BCUT2D eigenvalue weighted by molar-refractivity contribution is -0.113. The highest BCUT2D eigenvalue weighted by Crippen LogP contribution is 2.37. The van der Waals surface area contributed by atoms with Crippen molar-refractivity contribution < 1.29 is 9.90 Å². The average molecular weight is 362 g/mol. The normalized spacial score (nSPS) is 16.4. The fourth-order valence-electron chi connectivity index (χ4n) is 2.13. The Bertz CT molecular complexity index is 831. The van der Waals surface area contributed by atoms with E-state index in [1.807, 2.05) is 19.1 Å². The summed E-state index contributed by atoms with van der Waals surface area (Å²) in [6.45, 7) is 1.90. The largest absolute Gasteiger partial charge is 0.508 e. The molecule has 3 rings (SSSR count). The van der Waals surface area contributed by atoms with Gasteiger partial charge in [0.15, 0.2) is 4.32 Å². The summed E-state index contributed by atoms with van der Waals surface area (Å²) in [7, 11) is 0. The molecule has 3 nitrogen and oxygen atoms in total. The van der Waals surface area contributed by atoms with Crippen molar-refractivity contribution in [2.75, 3.05) is 4.90 Å². The lowest BCUT2D eigenvalue weighted by Crippen LogP contribution is -2.27. The molecule has 1 saturated heterocycles. The number of anilines is 1. The van der Waals surface area contributed by atoms with Gasteiger partial charge in [-0.2, -0.15) is 0 Å². The van der Waals surface area contributed by atoms with Gasteiger partial charge in [0.25, 0.3) is 5.91 Å². The van der Waals surface area contributed by atoms with E-state index >= 15 is 0 Å². The minimum Gasteiger partial charge on any atom is -0.508 e. The van der Waals surface area contributed by atoms with E-state index in [-0.39, 0.29) is 11.7 Å². The van der Waals surface area contributed by atoms with Gasteiger partial charge < -0.3 is 5.11 Å². The number of thioether (sulfide) groups is 1. The number of halogens is 1. The molecule has 0 aliphatic carbocycles. The van der Waals surface area contributed by atoms with E-state index in [0.717, 1.165) is 11.1 Å². The number of amides is 1. The van der Waals surface area contributed by atoms with Crippen LogP contribution in [0.4, 0.5) is 5.69 Å². The van der Waals surface area contributed by atoms with Crippen LogP contribution >= 0.6 is 35.6 Å². The van der Waals surface area contributed by atoms with Gasteiger partial charge in [0, 0.05) is 5.02 Å². The number of aromatic hydroxyl groups is 1. The summed E-state index contributed by atoms with van der Waals surface area (Å²) in [5, 5.41) is 9.91. The highest BCUT2D eigenvalue weighted by Gasteiger charge is 2.33. The summed E-state index contributed by atoms with van der Waals surface area (Å²) in [6.07, 6.45) is 1.76. The molecule has 6 heteroatoms. The SMILES string of the molecule is Cc1ccc(N2C(=O)C(=Cc3ccc(O)cc3)SC2=S)cc1Cl. The average Bonchev–Trinajstić information content (AvgIpc) is 2.79. The quantitative estimate of drug-likeness (QED) is 0.618. The van der Waals surface area contributed by atoms with E-state index < -0.39 is 0 Å². The highest BCUT2D eigenvalue weighted by atomic mass is 35.5. The molecule has 1 amide bonds. The first-order valence-electron chi connectivity index (χ1n) is 6.79. The molecule has 0 unspecified atom stereocenters. The molecule has 0 bridgehead atoms. The third-order valence-corrected chi connectivity index (χ3v) is 5.11. The smallest absolute Gasteiger partial charge is 0.270 e. The minimum atomic E-state index is -0.173. The van der Waals surface area contributed by atoms with E-state index in [4.69, 9.17) is 23.8 Å². The van der Waals surface area contributed by atoms with Crippen LogP contribution < -0.4 is 4.90 Å². The van der Waals surface area contributed by atoms with Crippen LogP contribution in [0.1, 0.15) is 11.1 Å². The molecule has 2 aromatic rings. The Morgan fingerprint density at radius 1 is 1.22 bits per heavy atom. The summed E-state index contributed by atoms with van der Waals surface area (Å²) >= 11 is 12.7. The van der Waals surface area contributed by atoms with Crippen LogP contribution in [-0.2, 0) is 4.79 Å². The third kappa shape index (κ3) is 3.27.